The summed E-state index contributed by atoms with van der Waals surface area (Å²) in [6, 6.07) is 21.6. The number of benzene rings is 2. The number of carbonyl (C=O) groups excluding carboxylic acids is 2. The number of anilines is 1. The van der Waals surface area contributed by atoms with Crippen molar-refractivity contribution >= 4 is 17.6 Å². The molecule has 9 nitrogen and oxygen atoms in total. The highest BCUT2D eigenvalue weighted by atomic mass is 16.5. The number of hydrogen-bond donors (Lipinski definition) is 1. The topological polar surface area (TPSA) is 82.9 Å². The Kier molecular flexibility index (Phi) is 7.70. The summed E-state index contributed by atoms with van der Waals surface area (Å²) < 4.78 is 7.11. The molecule has 2 aromatic carbocycles. The van der Waals surface area contributed by atoms with Gasteiger partial charge < -0.3 is 15.0 Å². The first-order valence-electron chi connectivity index (χ1n) is 12.5. The van der Waals surface area contributed by atoms with Crippen LogP contribution >= 0.6 is 0 Å². The molecule has 2 fully saturated rings. The van der Waals surface area contributed by atoms with Gasteiger partial charge in [0.25, 0.3) is 0 Å². The third kappa shape index (κ3) is 5.99. The molecular formula is C27H32N6O3. The summed E-state index contributed by atoms with van der Waals surface area (Å²) in [6.45, 7) is 6.33. The quantitative estimate of drug-likeness (QED) is 0.548. The Hall–Kier alpha value is -3.53. The SMILES string of the molecule is O=C(CN1CCN(CC(=O)N2CCOCC2)CC1)Nc1cc(-c2ccccc2)nn1-c1ccccc1. The second kappa shape index (κ2) is 11.5. The number of nitrogens with zero attached hydrogens (tertiary/aromatic N) is 5. The fourth-order valence-corrected chi connectivity index (χ4v) is 4.58. The first kappa shape index (κ1) is 24.2. The summed E-state index contributed by atoms with van der Waals surface area (Å²) in [5, 5.41) is 7.83. The standard InChI is InChI=1S/C27H32N6O3/c34-26(20-30-11-13-31(14-12-30)21-27(35)32-15-17-36-18-16-32)28-25-19-24(22-7-3-1-4-8-22)29-33(25)23-9-5-2-6-10-23/h1-10,19H,11-18,20-21H2,(H,28,34). The Morgan fingerprint density at radius 1 is 0.806 bits per heavy atom. The smallest absolute Gasteiger partial charge is 0.239 e. The number of nitrogens with one attached hydrogen (secondary N) is 1. The lowest BCUT2D eigenvalue weighted by Crippen LogP contribution is -2.52. The molecule has 0 atom stereocenters. The van der Waals surface area contributed by atoms with Gasteiger partial charge in [-0.15, -0.1) is 0 Å². The summed E-state index contributed by atoms with van der Waals surface area (Å²) in [5.74, 6) is 0.720. The number of aromatic nitrogens is 2. The molecule has 2 amide bonds. The minimum absolute atomic E-state index is 0.0791. The fourth-order valence-electron chi connectivity index (χ4n) is 4.58. The minimum Gasteiger partial charge on any atom is -0.378 e. The molecule has 2 aliphatic rings. The van der Waals surface area contributed by atoms with Gasteiger partial charge in [-0.3, -0.25) is 19.4 Å². The molecule has 0 unspecified atom stereocenters. The van der Waals surface area contributed by atoms with E-state index in [0.29, 0.717) is 45.2 Å². The summed E-state index contributed by atoms with van der Waals surface area (Å²) in [7, 11) is 0. The van der Waals surface area contributed by atoms with Crippen LogP contribution in [0.2, 0.25) is 0 Å². The van der Waals surface area contributed by atoms with Crippen LogP contribution in [0.15, 0.2) is 66.7 Å². The molecule has 188 valence electrons. The number of carbonyl (C=O) groups is 2. The van der Waals surface area contributed by atoms with Crippen molar-refractivity contribution in [3.8, 4) is 16.9 Å². The highest BCUT2D eigenvalue weighted by Crippen LogP contribution is 2.24. The number of amides is 2. The van der Waals surface area contributed by atoms with Crippen LogP contribution in [-0.2, 0) is 14.3 Å². The molecule has 9 heteroatoms. The third-order valence-corrected chi connectivity index (χ3v) is 6.60. The van der Waals surface area contributed by atoms with Gasteiger partial charge in [-0.25, -0.2) is 4.68 Å². The van der Waals surface area contributed by atoms with Gasteiger partial charge in [0.05, 0.1) is 37.7 Å². The van der Waals surface area contributed by atoms with Gasteiger partial charge in [-0.2, -0.15) is 5.10 Å². The molecule has 5 rings (SSSR count). The van der Waals surface area contributed by atoms with Crippen molar-refractivity contribution < 1.29 is 14.3 Å². The van der Waals surface area contributed by atoms with E-state index in [9.17, 15) is 9.59 Å². The minimum atomic E-state index is -0.0791. The summed E-state index contributed by atoms with van der Waals surface area (Å²) >= 11 is 0. The van der Waals surface area contributed by atoms with E-state index in [1.165, 1.54) is 0 Å². The monoisotopic (exact) mass is 488 g/mol. The van der Waals surface area contributed by atoms with E-state index < -0.39 is 0 Å². The van der Waals surface area contributed by atoms with E-state index >= 15 is 0 Å². The summed E-state index contributed by atoms with van der Waals surface area (Å²) in [6.07, 6.45) is 0. The van der Waals surface area contributed by atoms with Crippen molar-refractivity contribution in [1.82, 2.24) is 24.5 Å². The Morgan fingerprint density at radius 3 is 2.08 bits per heavy atom. The van der Waals surface area contributed by atoms with E-state index in [2.05, 4.69) is 15.1 Å². The predicted octanol–water partition coefficient (Wildman–Crippen LogP) is 1.95. The largest absolute Gasteiger partial charge is 0.378 e. The molecule has 0 aliphatic carbocycles. The van der Waals surface area contributed by atoms with E-state index in [1.54, 1.807) is 4.68 Å². The van der Waals surface area contributed by atoms with Crippen LogP contribution in [-0.4, -0.2) is 102 Å². The number of rotatable bonds is 7. The zero-order chi connectivity index (χ0) is 24.7. The van der Waals surface area contributed by atoms with Crippen molar-refractivity contribution in [2.24, 2.45) is 0 Å². The van der Waals surface area contributed by atoms with Crippen LogP contribution in [0, 0.1) is 0 Å². The van der Waals surface area contributed by atoms with Gasteiger partial charge in [-0.1, -0.05) is 48.5 Å². The Balaban J connectivity index is 1.18. The molecule has 0 spiro atoms. The number of morpholine rings is 1. The summed E-state index contributed by atoms with van der Waals surface area (Å²) in [5.41, 5.74) is 2.67. The van der Waals surface area contributed by atoms with Crippen LogP contribution in [0.4, 0.5) is 5.82 Å². The zero-order valence-corrected chi connectivity index (χ0v) is 20.4. The molecule has 0 saturated carbocycles. The molecule has 1 N–H and O–H groups in total. The first-order chi connectivity index (χ1) is 17.7. The lowest BCUT2D eigenvalue weighted by atomic mass is 10.1. The third-order valence-electron chi connectivity index (χ3n) is 6.60. The van der Waals surface area contributed by atoms with Crippen molar-refractivity contribution in [2.45, 2.75) is 0 Å². The van der Waals surface area contributed by atoms with Gasteiger partial charge >= 0.3 is 0 Å². The molecule has 1 aromatic heterocycles. The van der Waals surface area contributed by atoms with Gasteiger partial charge in [0.1, 0.15) is 5.82 Å². The van der Waals surface area contributed by atoms with Gasteiger partial charge in [0.15, 0.2) is 0 Å². The van der Waals surface area contributed by atoms with E-state index in [1.807, 2.05) is 71.6 Å². The highest BCUT2D eigenvalue weighted by molar-refractivity contribution is 5.92. The van der Waals surface area contributed by atoms with Crippen LogP contribution in [0.1, 0.15) is 0 Å². The zero-order valence-electron chi connectivity index (χ0n) is 20.4. The molecule has 0 bridgehead atoms. The summed E-state index contributed by atoms with van der Waals surface area (Å²) in [4.78, 5) is 31.7. The van der Waals surface area contributed by atoms with Crippen molar-refractivity contribution in [1.29, 1.82) is 0 Å². The number of ether oxygens (including phenoxy) is 1. The van der Waals surface area contributed by atoms with Crippen LogP contribution in [0.5, 0.6) is 0 Å². The van der Waals surface area contributed by atoms with Crippen LogP contribution in [0.25, 0.3) is 16.9 Å². The van der Waals surface area contributed by atoms with Crippen molar-refractivity contribution in [2.75, 3.05) is 70.9 Å². The van der Waals surface area contributed by atoms with Gasteiger partial charge in [0.2, 0.25) is 11.8 Å². The number of hydrogen-bond acceptors (Lipinski definition) is 6. The second-order valence-electron chi connectivity index (χ2n) is 9.12. The molecule has 2 aliphatic heterocycles. The molecule has 36 heavy (non-hydrogen) atoms. The van der Waals surface area contributed by atoms with E-state index in [0.717, 1.165) is 43.1 Å². The molecule has 3 aromatic rings. The van der Waals surface area contributed by atoms with Crippen LogP contribution in [0.3, 0.4) is 0 Å². The maximum Gasteiger partial charge on any atom is 0.239 e. The maximum atomic E-state index is 13.0. The molecule has 3 heterocycles. The second-order valence-corrected chi connectivity index (χ2v) is 9.12. The van der Waals surface area contributed by atoms with Gasteiger partial charge in [0, 0.05) is 50.9 Å². The Labute approximate surface area is 211 Å². The fraction of sp³-hybridized carbons (Fsp3) is 0.370. The highest BCUT2D eigenvalue weighted by Gasteiger charge is 2.24. The molecule has 2 saturated heterocycles. The molecular weight excluding hydrogens is 456 g/mol. The lowest BCUT2D eigenvalue weighted by Gasteiger charge is -2.35. The van der Waals surface area contributed by atoms with Crippen molar-refractivity contribution in [3.63, 3.8) is 0 Å². The molecule has 0 radical (unpaired) electrons. The lowest BCUT2D eigenvalue weighted by molar-refractivity contribution is -0.137. The first-order valence-corrected chi connectivity index (χ1v) is 12.5. The Bertz CT molecular complexity index is 1150. The van der Waals surface area contributed by atoms with E-state index in [4.69, 9.17) is 9.84 Å². The van der Waals surface area contributed by atoms with Crippen LogP contribution < -0.4 is 5.32 Å². The normalized spacial score (nSPS) is 17.2. The van der Waals surface area contributed by atoms with Gasteiger partial charge in [-0.05, 0) is 12.1 Å². The maximum absolute atomic E-state index is 13.0. The van der Waals surface area contributed by atoms with E-state index in [-0.39, 0.29) is 11.8 Å². The number of para-hydroxylation sites is 1. The number of piperazine rings is 1. The average Bonchev–Trinajstić information content (AvgIpc) is 3.35. The Morgan fingerprint density at radius 2 is 1.42 bits per heavy atom. The van der Waals surface area contributed by atoms with Crippen molar-refractivity contribution in [3.05, 3.63) is 66.7 Å². The predicted molar refractivity (Wildman–Crippen MR) is 138 cm³/mol. The average molecular weight is 489 g/mol.